The topological polar surface area (TPSA) is 88.5 Å². The summed E-state index contributed by atoms with van der Waals surface area (Å²) in [5.41, 5.74) is 0. The number of carboxylic acids is 1. The average Bonchev–Trinajstić information content (AvgIpc) is 3.04. The quantitative estimate of drug-likeness (QED) is 0.829. The summed E-state index contributed by atoms with van der Waals surface area (Å²) < 4.78 is 5.07. The maximum absolute atomic E-state index is 12.0. The molecule has 1 amide bonds. The van der Waals surface area contributed by atoms with Gasteiger partial charge in [-0.25, -0.2) is 9.78 Å². The van der Waals surface area contributed by atoms with E-state index in [1.165, 1.54) is 42.1 Å². The van der Waals surface area contributed by atoms with Gasteiger partial charge in [-0.15, -0.1) is 11.3 Å². The monoisotopic (exact) mass is 310 g/mol. The van der Waals surface area contributed by atoms with Crippen molar-refractivity contribution >= 4 is 45.8 Å². The number of nitrogens with zero attached hydrogens (tertiary/aromatic N) is 1. The third-order valence-electron chi connectivity index (χ3n) is 2.19. The molecule has 8 heteroatoms. The van der Waals surface area contributed by atoms with E-state index in [-0.39, 0.29) is 5.91 Å². The average molecular weight is 310 g/mol. The van der Waals surface area contributed by atoms with Gasteiger partial charge < -0.3 is 9.84 Å². The molecule has 2 N–H and O–H groups in total. The van der Waals surface area contributed by atoms with Gasteiger partial charge in [0.25, 0.3) is 5.91 Å². The summed E-state index contributed by atoms with van der Waals surface area (Å²) in [4.78, 5) is 27.5. The van der Waals surface area contributed by atoms with Crippen molar-refractivity contribution in [1.29, 1.82) is 0 Å². The van der Waals surface area contributed by atoms with Crippen LogP contribution in [-0.2, 0) is 4.79 Å². The predicted molar refractivity (Wildman–Crippen MR) is 77.6 cm³/mol. The number of carbonyl (C=O) groups is 2. The molecule has 0 unspecified atom stereocenters. The molecule has 0 radical (unpaired) electrons. The van der Waals surface area contributed by atoms with Gasteiger partial charge in [0.15, 0.2) is 5.13 Å². The molecule has 0 fully saturated rings. The molecule has 2 rings (SSSR count). The van der Waals surface area contributed by atoms with E-state index in [1.54, 1.807) is 11.4 Å². The minimum absolute atomic E-state index is 0.306. The van der Waals surface area contributed by atoms with Crippen LogP contribution in [0.2, 0.25) is 0 Å². The van der Waals surface area contributed by atoms with Crippen LogP contribution < -0.4 is 10.1 Å². The second kappa shape index (κ2) is 6.31. The van der Waals surface area contributed by atoms with Gasteiger partial charge in [0, 0.05) is 17.2 Å². The lowest BCUT2D eigenvalue weighted by Crippen LogP contribution is -2.10. The number of hydrogen-bond donors (Lipinski definition) is 2. The summed E-state index contributed by atoms with van der Waals surface area (Å²) >= 11 is 2.46. The zero-order valence-corrected chi connectivity index (χ0v) is 12.0. The highest BCUT2D eigenvalue weighted by Gasteiger charge is 2.15. The smallest absolute Gasteiger partial charge is 0.328 e. The molecule has 20 heavy (non-hydrogen) atoms. The molecule has 2 heterocycles. The van der Waals surface area contributed by atoms with E-state index >= 15 is 0 Å². The molecule has 0 bridgehead atoms. The largest absolute Gasteiger partial charge is 0.495 e. The fourth-order valence-electron chi connectivity index (χ4n) is 1.35. The summed E-state index contributed by atoms with van der Waals surface area (Å²) in [6.45, 7) is 0. The van der Waals surface area contributed by atoms with Crippen LogP contribution in [0.15, 0.2) is 23.7 Å². The molecule has 0 aromatic carbocycles. The van der Waals surface area contributed by atoms with Crippen molar-refractivity contribution in [1.82, 2.24) is 4.98 Å². The minimum atomic E-state index is -1.03. The Labute approximate surface area is 122 Å². The van der Waals surface area contributed by atoms with E-state index in [0.717, 1.165) is 6.08 Å². The molecule has 0 aliphatic heterocycles. The number of hydrogen-bond acceptors (Lipinski definition) is 6. The van der Waals surface area contributed by atoms with Crippen LogP contribution in [0.5, 0.6) is 5.75 Å². The maximum Gasteiger partial charge on any atom is 0.328 e. The summed E-state index contributed by atoms with van der Waals surface area (Å²) in [5.74, 6) is -0.831. The van der Waals surface area contributed by atoms with Crippen LogP contribution in [0.3, 0.4) is 0 Å². The number of ether oxygens (including phenoxy) is 1. The second-order valence-corrected chi connectivity index (χ2v) is 5.49. The lowest BCUT2D eigenvalue weighted by molar-refractivity contribution is -0.131. The van der Waals surface area contributed by atoms with E-state index < -0.39 is 5.97 Å². The molecule has 6 nitrogen and oxygen atoms in total. The fraction of sp³-hybridized carbons (Fsp3) is 0.0833. The van der Waals surface area contributed by atoms with Crippen molar-refractivity contribution in [3.63, 3.8) is 0 Å². The van der Waals surface area contributed by atoms with Gasteiger partial charge in [-0.2, -0.15) is 0 Å². The van der Waals surface area contributed by atoms with Gasteiger partial charge in [-0.3, -0.25) is 10.1 Å². The molecule has 0 saturated carbocycles. The third kappa shape index (κ3) is 3.43. The summed E-state index contributed by atoms with van der Waals surface area (Å²) in [6, 6.07) is 1.71. The zero-order valence-electron chi connectivity index (χ0n) is 10.3. The van der Waals surface area contributed by atoms with Gasteiger partial charge in [0.05, 0.1) is 7.11 Å². The Morgan fingerprint density at radius 3 is 3.00 bits per heavy atom. The molecule has 0 atom stereocenters. The van der Waals surface area contributed by atoms with Crippen LogP contribution in [0.25, 0.3) is 6.08 Å². The number of methoxy groups -OCH3 is 1. The first-order valence-electron chi connectivity index (χ1n) is 5.40. The molecule has 0 saturated heterocycles. The van der Waals surface area contributed by atoms with E-state index in [1.807, 2.05) is 0 Å². The molecule has 0 aliphatic carbocycles. The lowest BCUT2D eigenvalue weighted by atomic mass is 10.4. The number of nitrogens with one attached hydrogen (secondary N) is 1. The first-order valence-corrected chi connectivity index (χ1v) is 7.09. The number of thiophene rings is 1. The van der Waals surface area contributed by atoms with Crippen LogP contribution in [0.4, 0.5) is 5.13 Å². The Kier molecular flexibility index (Phi) is 4.49. The Morgan fingerprint density at radius 2 is 2.30 bits per heavy atom. The van der Waals surface area contributed by atoms with E-state index in [0.29, 0.717) is 20.6 Å². The Bertz CT molecular complexity index is 660. The van der Waals surface area contributed by atoms with Gasteiger partial charge >= 0.3 is 5.97 Å². The number of amides is 1. The molecule has 0 aliphatic rings. The van der Waals surface area contributed by atoms with Crippen molar-refractivity contribution in [3.8, 4) is 5.75 Å². The highest BCUT2D eigenvalue weighted by atomic mass is 32.1. The molecule has 2 aromatic rings. The van der Waals surface area contributed by atoms with E-state index in [2.05, 4.69) is 10.3 Å². The third-order valence-corrected chi connectivity index (χ3v) is 3.96. The number of carbonyl (C=O) groups excluding carboxylic acids is 1. The Balaban J connectivity index is 2.07. The molecular weight excluding hydrogens is 300 g/mol. The number of carboxylic acid groups (broad SMARTS) is 1. The van der Waals surface area contributed by atoms with Crippen LogP contribution in [0, 0.1) is 0 Å². The summed E-state index contributed by atoms with van der Waals surface area (Å²) in [7, 11) is 1.50. The van der Waals surface area contributed by atoms with E-state index in [9.17, 15) is 9.59 Å². The maximum atomic E-state index is 12.0. The van der Waals surface area contributed by atoms with Gasteiger partial charge in [-0.05, 0) is 17.5 Å². The van der Waals surface area contributed by atoms with Crippen molar-refractivity contribution in [3.05, 3.63) is 33.5 Å². The Hall–Kier alpha value is -2.19. The predicted octanol–water partition coefficient (Wildman–Crippen LogP) is 2.56. The van der Waals surface area contributed by atoms with Gasteiger partial charge in [0.2, 0.25) is 0 Å². The number of aliphatic carboxylic acids is 1. The summed E-state index contributed by atoms with van der Waals surface area (Å²) in [5, 5.41) is 13.3. The first-order chi connectivity index (χ1) is 9.60. The second-order valence-electron chi connectivity index (χ2n) is 3.51. The highest BCUT2D eigenvalue weighted by molar-refractivity contribution is 7.17. The van der Waals surface area contributed by atoms with Crippen molar-refractivity contribution in [2.45, 2.75) is 0 Å². The summed E-state index contributed by atoms with van der Waals surface area (Å²) in [6.07, 6.45) is 3.92. The van der Waals surface area contributed by atoms with Crippen molar-refractivity contribution in [2.24, 2.45) is 0 Å². The number of thiazole rings is 1. The van der Waals surface area contributed by atoms with Crippen LogP contribution in [0.1, 0.15) is 14.5 Å². The first kappa shape index (κ1) is 14.2. The van der Waals surface area contributed by atoms with Crippen molar-refractivity contribution in [2.75, 3.05) is 12.4 Å². The van der Waals surface area contributed by atoms with Gasteiger partial charge in [-0.1, -0.05) is 11.3 Å². The van der Waals surface area contributed by atoms with Gasteiger partial charge in [0.1, 0.15) is 10.6 Å². The molecular formula is C12H10N2O4S2. The normalized spacial score (nSPS) is 10.7. The molecule has 0 spiro atoms. The Morgan fingerprint density at radius 1 is 1.50 bits per heavy atom. The van der Waals surface area contributed by atoms with Crippen LogP contribution in [-0.4, -0.2) is 29.1 Å². The fourth-order valence-corrected chi connectivity index (χ4v) is 2.82. The number of aromatic nitrogens is 1. The van der Waals surface area contributed by atoms with E-state index in [4.69, 9.17) is 9.84 Å². The lowest BCUT2D eigenvalue weighted by Gasteiger charge is -2.01. The molecule has 104 valence electrons. The zero-order chi connectivity index (χ0) is 14.5. The standard InChI is InChI=1S/C12H10N2O4S2/c1-18-8-4-5-19-10(8)11(17)14-12-13-6-7(20-12)2-3-9(15)16/h2-6H,1H3,(H,15,16)(H,13,14,17)/b3-2+. The number of anilines is 1. The van der Waals surface area contributed by atoms with Crippen LogP contribution >= 0.6 is 22.7 Å². The number of rotatable bonds is 5. The minimum Gasteiger partial charge on any atom is -0.495 e. The SMILES string of the molecule is COc1ccsc1C(=O)Nc1ncc(/C=C/C(=O)O)s1. The van der Waals surface area contributed by atoms with Crippen molar-refractivity contribution < 1.29 is 19.4 Å². The highest BCUT2D eigenvalue weighted by Crippen LogP contribution is 2.26. The molecule has 2 aromatic heterocycles.